The van der Waals surface area contributed by atoms with E-state index in [1.165, 1.54) is 5.56 Å². The summed E-state index contributed by atoms with van der Waals surface area (Å²) in [7, 11) is 0. The van der Waals surface area contributed by atoms with Crippen LogP contribution in [0.2, 0.25) is 5.02 Å². The van der Waals surface area contributed by atoms with Gasteiger partial charge in [0.2, 0.25) is 0 Å². The van der Waals surface area contributed by atoms with Gasteiger partial charge in [-0.05, 0) is 51.6 Å². The summed E-state index contributed by atoms with van der Waals surface area (Å²) < 4.78 is 1.09. The summed E-state index contributed by atoms with van der Waals surface area (Å²) in [4.78, 5) is 0. The van der Waals surface area contributed by atoms with E-state index < -0.39 is 0 Å². The molecule has 84 valence electrons. The summed E-state index contributed by atoms with van der Waals surface area (Å²) in [5.41, 5.74) is 8.23. The molecule has 0 fully saturated rings. The zero-order valence-electron chi connectivity index (χ0n) is 9.40. The van der Waals surface area contributed by atoms with E-state index in [9.17, 15) is 0 Å². The lowest BCUT2D eigenvalue weighted by Gasteiger charge is -2.24. The Kier molecular flexibility index (Phi) is 4.44. The maximum atomic E-state index is 6.17. The molecular weight excluding hydrogens is 320 g/mol. The summed E-state index contributed by atoms with van der Waals surface area (Å²) in [6.07, 6.45) is 1.11. The van der Waals surface area contributed by atoms with Crippen LogP contribution in [-0.2, 0) is 12.0 Å². The number of hydrogen-bond donors (Lipinski definition) is 1. The lowest BCUT2D eigenvalue weighted by molar-refractivity contribution is 0.505. The van der Waals surface area contributed by atoms with Gasteiger partial charge in [0.05, 0.1) is 5.02 Å². The van der Waals surface area contributed by atoms with Gasteiger partial charge in [-0.1, -0.05) is 38.4 Å². The molecule has 1 nitrogen and oxygen atoms in total. The van der Waals surface area contributed by atoms with Gasteiger partial charge in [0, 0.05) is 10.1 Å². The fourth-order valence-electron chi connectivity index (χ4n) is 1.39. The van der Waals surface area contributed by atoms with Gasteiger partial charge in [-0.15, -0.1) is 0 Å². The zero-order chi connectivity index (χ0) is 11.6. The third-order valence-corrected chi connectivity index (χ3v) is 4.60. The summed E-state index contributed by atoms with van der Waals surface area (Å²) >= 11 is 8.44. The Labute approximate surface area is 111 Å². The van der Waals surface area contributed by atoms with Gasteiger partial charge in [-0.25, -0.2) is 0 Å². The molecule has 0 bridgehead atoms. The number of benzene rings is 1. The minimum Gasteiger partial charge on any atom is -0.326 e. The fourth-order valence-corrected chi connectivity index (χ4v) is 2.26. The topological polar surface area (TPSA) is 26.0 Å². The molecule has 0 radical (unpaired) electrons. The Hall–Kier alpha value is 0.200. The van der Waals surface area contributed by atoms with Crippen LogP contribution in [0.5, 0.6) is 0 Å². The van der Waals surface area contributed by atoms with E-state index in [0.717, 1.165) is 20.6 Å². The predicted molar refractivity (Wildman–Crippen MR) is 75.4 cm³/mol. The third-order valence-electron chi connectivity index (χ3n) is 2.99. The van der Waals surface area contributed by atoms with Crippen LogP contribution in [0.15, 0.2) is 12.1 Å². The minimum absolute atomic E-state index is 0.189. The largest absolute Gasteiger partial charge is 0.326 e. The molecule has 0 aliphatic heterocycles. The second-order valence-electron chi connectivity index (χ2n) is 4.37. The molecule has 15 heavy (non-hydrogen) atoms. The molecule has 2 N–H and O–H groups in total. The number of halogens is 2. The van der Waals surface area contributed by atoms with Crippen molar-refractivity contribution in [3.05, 3.63) is 31.9 Å². The van der Waals surface area contributed by atoms with Crippen LogP contribution in [0.25, 0.3) is 0 Å². The molecule has 0 saturated carbocycles. The van der Waals surface area contributed by atoms with Crippen molar-refractivity contribution in [1.82, 2.24) is 0 Å². The van der Waals surface area contributed by atoms with Crippen LogP contribution < -0.4 is 5.73 Å². The Bertz CT molecular complexity index is 361. The van der Waals surface area contributed by atoms with Crippen LogP contribution in [-0.4, -0.2) is 0 Å². The quantitative estimate of drug-likeness (QED) is 0.826. The second-order valence-corrected chi connectivity index (χ2v) is 5.91. The van der Waals surface area contributed by atoms with Crippen molar-refractivity contribution in [2.75, 3.05) is 0 Å². The van der Waals surface area contributed by atoms with Crippen LogP contribution in [0.4, 0.5) is 0 Å². The van der Waals surface area contributed by atoms with Gasteiger partial charge < -0.3 is 5.73 Å². The van der Waals surface area contributed by atoms with Crippen molar-refractivity contribution in [1.29, 1.82) is 0 Å². The normalized spacial score (nSPS) is 11.9. The first-order valence-corrected chi connectivity index (χ1v) is 6.56. The summed E-state index contributed by atoms with van der Waals surface area (Å²) in [5, 5.41) is 0.800. The molecule has 0 unspecified atom stereocenters. The van der Waals surface area contributed by atoms with E-state index in [-0.39, 0.29) is 5.41 Å². The van der Waals surface area contributed by atoms with Crippen molar-refractivity contribution in [2.45, 2.75) is 39.2 Å². The van der Waals surface area contributed by atoms with E-state index in [0.29, 0.717) is 6.54 Å². The van der Waals surface area contributed by atoms with Crippen molar-refractivity contribution in [2.24, 2.45) is 5.73 Å². The van der Waals surface area contributed by atoms with E-state index in [1.807, 2.05) is 0 Å². The van der Waals surface area contributed by atoms with E-state index in [2.05, 4.69) is 55.5 Å². The maximum Gasteiger partial charge on any atom is 0.0584 e. The molecule has 0 atom stereocenters. The average molecular weight is 338 g/mol. The van der Waals surface area contributed by atoms with Gasteiger partial charge in [0.15, 0.2) is 0 Å². The van der Waals surface area contributed by atoms with E-state index in [1.54, 1.807) is 0 Å². The van der Waals surface area contributed by atoms with Crippen LogP contribution >= 0.6 is 34.2 Å². The molecule has 0 aliphatic carbocycles. The Morgan fingerprint density at radius 2 is 2.00 bits per heavy atom. The molecule has 0 spiro atoms. The standard InChI is InChI=1S/C12H17ClIN/c1-4-12(2,3)9-5-8(7-15)11(13)10(14)6-9/h5-6H,4,7,15H2,1-3H3. The summed E-state index contributed by atoms with van der Waals surface area (Å²) in [6, 6.07) is 4.29. The minimum atomic E-state index is 0.189. The Balaban J connectivity index is 3.28. The number of hydrogen-bond acceptors (Lipinski definition) is 1. The highest BCUT2D eigenvalue weighted by atomic mass is 127. The predicted octanol–water partition coefficient (Wildman–Crippen LogP) is 4.09. The second kappa shape index (κ2) is 5.02. The molecule has 0 aliphatic rings. The number of nitrogens with two attached hydrogens (primary N) is 1. The highest BCUT2D eigenvalue weighted by Gasteiger charge is 2.20. The monoisotopic (exact) mass is 337 g/mol. The van der Waals surface area contributed by atoms with Gasteiger partial charge in [-0.3, -0.25) is 0 Å². The van der Waals surface area contributed by atoms with Crippen molar-refractivity contribution in [3.8, 4) is 0 Å². The molecule has 1 aromatic rings. The molecule has 0 amide bonds. The van der Waals surface area contributed by atoms with E-state index in [4.69, 9.17) is 17.3 Å². The van der Waals surface area contributed by atoms with E-state index >= 15 is 0 Å². The fraction of sp³-hybridized carbons (Fsp3) is 0.500. The number of rotatable bonds is 3. The first-order chi connectivity index (χ1) is 6.92. The van der Waals surface area contributed by atoms with Gasteiger partial charge >= 0.3 is 0 Å². The Morgan fingerprint density at radius 3 is 2.47 bits per heavy atom. The lowest BCUT2D eigenvalue weighted by Crippen LogP contribution is -2.16. The maximum absolute atomic E-state index is 6.17. The van der Waals surface area contributed by atoms with Gasteiger partial charge in [-0.2, -0.15) is 0 Å². The molecule has 1 aromatic carbocycles. The molecular formula is C12H17ClIN. The molecule has 0 heterocycles. The van der Waals surface area contributed by atoms with Gasteiger partial charge in [0.1, 0.15) is 0 Å². The molecule has 1 rings (SSSR count). The van der Waals surface area contributed by atoms with Crippen molar-refractivity contribution in [3.63, 3.8) is 0 Å². The van der Waals surface area contributed by atoms with Crippen LogP contribution in [0.1, 0.15) is 38.3 Å². The first kappa shape index (κ1) is 13.3. The smallest absolute Gasteiger partial charge is 0.0584 e. The van der Waals surface area contributed by atoms with Crippen LogP contribution in [0.3, 0.4) is 0 Å². The first-order valence-electron chi connectivity index (χ1n) is 5.11. The highest BCUT2D eigenvalue weighted by molar-refractivity contribution is 14.1. The van der Waals surface area contributed by atoms with Crippen LogP contribution in [0, 0.1) is 3.57 Å². The molecule has 0 aromatic heterocycles. The molecule has 0 saturated heterocycles. The third kappa shape index (κ3) is 2.86. The van der Waals surface area contributed by atoms with Crippen molar-refractivity contribution >= 4 is 34.2 Å². The van der Waals surface area contributed by atoms with Gasteiger partial charge in [0.25, 0.3) is 0 Å². The SMILES string of the molecule is CCC(C)(C)c1cc(I)c(Cl)c(CN)c1. The summed E-state index contributed by atoms with van der Waals surface area (Å²) in [5.74, 6) is 0. The summed E-state index contributed by atoms with van der Waals surface area (Å²) in [6.45, 7) is 7.19. The Morgan fingerprint density at radius 1 is 1.40 bits per heavy atom. The lowest BCUT2D eigenvalue weighted by atomic mass is 9.82. The zero-order valence-corrected chi connectivity index (χ0v) is 12.3. The highest BCUT2D eigenvalue weighted by Crippen LogP contribution is 2.32. The van der Waals surface area contributed by atoms with Crippen molar-refractivity contribution < 1.29 is 0 Å². The average Bonchev–Trinajstić information content (AvgIpc) is 2.21. The molecule has 3 heteroatoms.